The predicted octanol–water partition coefficient (Wildman–Crippen LogP) is 6.55. The van der Waals surface area contributed by atoms with E-state index in [4.69, 9.17) is 4.42 Å². The van der Waals surface area contributed by atoms with Crippen molar-refractivity contribution in [2.24, 2.45) is 0 Å². The Labute approximate surface area is 198 Å². The van der Waals surface area contributed by atoms with Crippen LogP contribution in [0.5, 0.6) is 0 Å². The van der Waals surface area contributed by atoms with Gasteiger partial charge in [-0.1, -0.05) is 54.6 Å². The van der Waals surface area contributed by atoms with Crippen LogP contribution < -0.4 is 0 Å². The molecule has 0 atom stereocenters. The fourth-order valence-electron chi connectivity index (χ4n) is 3.91. The van der Waals surface area contributed by atoms with E-state index in [-0.39, 0.29) is 28.3 Å². The third-order valence-corrected chi connectivity index (χ3v) is 6.58. The standard InChI is InChI=1S/C26H18N2O5S/c1-16-9-10-18(13-22(16)28(31)32)23-12-11-20(33-23)14-24-25(29)27(26(30)34-24)15-19-7-4-6-17-5-2-3-8-21(17)19/h2-14H,15H2,1H3/b24-14-. The van der Waals surface area contributed by atoms with Crippen LogP contribution in [-0.4, -0.2) is 21.0 Å². The molecule has 1 fully saturated rings. The fraction of sp³-hybridized carbons (Fsp3) is 0.0769. The van der Waals surface area contributed by atoms with Crippen molar-refractivity contribution in [3.63, 3.8) is 0 Å². The van der Waals surface area contributed by atoms with E-state index < -0.39 is 4.92 Å². The van der Waals surface area contributed by atoms with Crippen molar-refractivity contribution in [1.82, 2.24) is 4.90 Å². The Morgan fingerprint density at radius 3 is 2.65 bits per heavy atom. The zero-order valence-corrected chi connectivity index (χ0v) is 18.9. The second-order valence-electron chi connectivity index (χ2n) is 7.87. The minimum atomic E-state index is -0.436. The van der Waals surface area contributed by atoms with E-state index in [0.29, 0.717) is 22.6 Å². The summed E-state index contributed by atoms with van der Waals surface area (Å²) in [4.78, 5) is 37.9. The molecule has 2 heterocycles. The molecule has 2 amide bonds. The van der Waals surface area contributed by atoms with Gasteiger partial charge in [0.05, 0.1) is 16.4 Å². The number of carbonyl (C=O) groups is 2. The van der Waals surface area contributed by atoms with Gasteiger partial charge in [-0.05, 0) is 47.2 Å². The molecular weight excluding hydrogens is 452 g/mol. The molecule has 0 unspecified atom stereocenters. The van der Waals surface area contributed by atoms with Gasteiger partial charge >= 0.3 is 0 Å². The molecule has 1 saturated heterocycles. The van der Waals surface area contributed by atoms with Crippen molar-refractivity contribution in [3.8, 4) is 11.3 Å². The number of carbonyl (C=O) groups excluding carboxylic acids is 2. The summed E-state index contributed by atoms with van der Waals surface area (Å²) in [6, 6.07) is 21.8. The monoisotopic (exact) mass is 470 g/mol. The normalized spacial score (nSPS) is 15.0. The zero-order chi connectivity index (χ0) is 23.8. The van der Waals surface area contributed by atoms with Crippen LogP contribution in [0, 0.1) is 17.0 Å². The van der Waals surface area contributed by atoms with Crippen molar-refractivity contribution in [2.75, 3.05) is 0 Å². The van der Waals surface area contributed by atoms with E-state index in [1.807, 2.05) is 42.5 Å². The lowest BCUT2D eigenvalue weighted by molar-refractivity contribution is -0.385. The predicted molar refractivity (Wildman–Crippen MR) is 131 cm³/mol. The number of furan rings is 1. The number of imide groups is 1. The Bertz CT molecular complexity index is 1500. The maximum absolute atomic E-state index is 13.0. The van der Waals surface area contributed by atoms with Crippen molar-refractivity contribution in [1.29, 1.82) is 0 Å². The number of thioether (sulfide) groups is 1. The third kappa shape index (κ3) is 3.99. The number of amides is 2. The number of benzene rings is 3. The minimum Gasteiger partial charge on any atom is -0.457 e. The van der Waals surface area contributed by atoms with Gasteiger partial charge in [0.15, 0.2) is 0 Å². The molecule has 1 aliphatic rings. The molecule has 0 bridgehead atoms. The zero-order valence-electron chi connectivity index (χ0n) is 18.1. The number of nitro groups is 1. The maximum atomic E-state index is 13.0. The Balaban J connectivity index is 1.39. The van der Waals surface area contributed by atoms with E-state index in [1.54, 1.807) is 31.2 Å². The Morgan fingerprint density at radius 2 is 1.82 bits per heavy atom. The second kappa shape index (κ2) is 8.64. The molecule has 5 rings (SSSR count). The summed E-state index contributed by atoms with van der Waals surface area (Å²) in [6.07, 6.45) is 1.53. The topological polar surface area (TPSA) is 93.7 Å². The highest BCUT2D eigenvalue weighted by molar-refractivity contribution is 8.18. The average molecular weight is 471 g/mol. The minimum absolute atomic E-state index is 0.00463. The van der Waals surface area contributed by atoms with Gasteiger partial charge in [-0.3, -0.25) is 24.6 Å². The summed E-state index contributed by atoms with van der Waals surface area (Å²) >= 11 is 0.864. The van der Waals surface area contributed by atoms with Gasteiger partial charge in [-0.25, -0.2) is 0 Å². The molecule has 8 heteroatoms. The van der Waals surface area contributed by atoms with E-state index in [9.17, 15) is 19.7 Å². The SMILES string of the molecule is Cc1ccc(-c2ccc(/C=C3\SC(=O)N(Cc4cccc5ccccc45)C3=O)o2)cc1[N+](=O)[O-]. The van der Waals surface area contributed by atoms with Crippen LogP contribution in [0.3, 0.4) is 0 Å². The first-order valence-corrected chi connectivity index (χ1v) is 11.3. The first kappa shape index (κ1) is 21.7. The highest BCUT2D eigenvalue weighted by atomic mass is 32.2. The van der Waals surface area contributed by atoms with Crippen LogP contribution in [0.4, 0.5) is 10.5 Å². The lowest BCUT2D eigenvalue weighted by Gasteiger charge is -2.14. The molecule has 34 heavy (non-hydrogen) atoms. The largest absolute Gasteiger partial charge is 0.457 e. The molecule has 1 aliphatic heterocycles. The molecule has 1 aromatic heterocycles. The molecule has 3 aromatic carbocycles. The van der Waals surface area contributed by atoms with E-state index in [2.05, 4.69) is 0 Å². The number of nitro benzene ring substituents is 1. The molecule has 0 N–H and O–H groups in total. The lowest BCUT2D eigenvalue weighted by atomic mass is 10.0. The quantitative estimate of drug-likeness (QED) is 0.186. The maximum Gasteiger partial charge on any atom is 0.293 e. The van der Waals surface area contributed by atoms with Crippen LogP contribution in [-0.2, 0) is 11.3 Å². The van der Waals surface area contributed by atoms with E-state index in [1.165, 1.54) is 17.0 Å². The lowest BCUT2D eigenvalue weighted by Crippen LogP contribution is -2.27. The van der Waals surface area contributed by atoms with Crippen LogP contribution in [0.1, 0.15) is 16.9 Å². The van der Waals surface area contributed by atoms with Gasteiger partial charge in [0.1, 0.15) is 11.5 Å². The molecule has 4 aromatic rings. The van der Waals surface area contributed by atoms with Crippen molar-refractivity contribution < 1.29 is 18.9 Å². The summed E-state index contributed by atoms with van der Waals surface area (Å²) < 4.78 is 5.81. The number of hydrogen-bond donors (Lipinski definition) is 0. The number of hydrogen-bond acceptors (Lipinski definition) is 6. The van der Waals surface area contributed by atoms with Gasteiger partial charge in [0.2, 0.25) is 0 Å². The third-order valence-electron chi connectivity index (χ3n) is 5.67. The van der Waals surface area contributed by atoms with Gasteiger partial charge < -0.3 is 4.42 Å². The van der Waals surface area contributed by atoms with Gasteiger partial charge in [0, 0.05) is 23.3 Å². The fourth-order valence-corrected chi connectivity index (χ4v) is 4.73. The first-order valence-electron chi connectivity index (χ1n) is 10.5. The van der Waals surface area contributed by atoms with Crippen LogP contribution in [0.15, 0.2) is 82.1 Å². The Hall–Kier alpha value is -4.17. The summed E-state index contributed by atoms with van der Waals surface area (Å²) in [6.45, 7) is 1.85. The van der Waals surface area contributed by atoms with Crippen LogP contribution in [0.2, 0.25) is 0 Å². The molecule has 0 aliphatic carbocycles. The first-order chi connectivity index (χ1) is 16.4. The summed E-state index contributed by atoms with van der Waals surface area (Å²) in [5.74, 6) is 0.435. The molecule has 0 radical (unpaired) electrons. The molecule has 168 valence electrons. The Morgan fingerprint density at radius 1 is 1.03 bits per heavy atom. The van der Waals surface area contributed by atoms with E-state index >= 15 is 0 Å². The highest BCUT2D eigenvalue weighted by Crippen LogP contribution is 2.35. The van der Waals surface area contributed by atoms with Crippen molar-refractivity contribution in [3.05, 3.63) is 105 Å². The van der Waals surface area contributed by atoms with Crippen molar-refractivity contribution >= 4 is 45.4 Å². The van der Waals surface area contributed by atoms with Gasteiger partial charge in [-0.2, -0.15) is 0 Å². The Kier molecular flexibility index (Phi) is 5.51. The van der Waals surface area contributed by atoms with Crippen LogP contribution >= 0.6 is 11.8 Å². The van der Waals surface area contributed by atoms with Crippen molar-refractivity contribution in [2.45, 2.75) is 13.5 Å². The van der Waals surface area contributed by atoms with Gasteiger partial charge in [-0.15, -0.1) is 0 Å². The van der Waals surface area contributed by atoms with Gasteiger partial charge in [0.25, 0.3) is 16.8 Å². The van der Waals surface area contributed by atoms with E-state index in [0.717, 1.165) is 28.1 Å². The second-order valence-corrected chi connectivity index (χ2v) is 8.86. The summed E-state index contributed by atoms with van der Waals surface area (Å²) in [5.41, 5.74) is 2.01. The number of aryl methyl sites for hydroxylation is 1. The van der Waals surface area contributed by atoms with Crippen LogP contribution in [0.25, 0.3) is 28.2 Å². The summed E-state index contributed by atoms with van der Waals surface area (Å²) in [5, 5.41) is 12.9. The molecule has 0 spiro atoms. The molecule has 7 nitrogen and oxygen atoms in total. The summed E-state index contributed by atoms with van der Waals surface area (Å²) in [7, 11) is 0. The highest BCUT2D eigenvalue weighted by Gasteiger charge is 2.35. The number of rotatable bonds is 5. The number of fused-ring (bicyclic) bond motifs is 1. The molecule has 0 saturated carbocycles. The molecular formula is C26H18N2O5S. The average Bonchev–Trinajstić information content (AvgIpc) is 3.39. The smallest absolute Gasteiger partial charge is 0.293 e. The number of nitrogens with zero attached hydrogens (tertiary/aromatic N) is 2.